The smallest absolute Gasteiger partial charge is 0.133 e. The Morgan fingerprint density at radius 2 is 1.94 bits per heavy atom. The molecule has 0 heterocycles. The summed E-state index contributed by atoms with van der Waals surface area (Å²) in [6.07, 6.45) is 4.72. The Balaban J connectivity index is 1.76. The van der Waals surface area contributed by atoms with E-state index in [4.69, 9.17) is 9.47 Å². The van der Waals surface area contributed by atoms with Crippen LogP contribution in [-0.4, -0.2) is 38.0 Å². The highest BCUT2D eigenvalue weighted by molar-refractivity contribution is 5.17. The fourth-order valence-corrected chi connectivity index (χ4v) is 2.10. The second-order valence-electron chi connectivity index (χ2n) is 5.03. The molecule has 0 aromatic carbocycles. The lowest BCUT2D eigenvalue weighted by Crippen LogP contribution is -2.51. The van der Waals surface area contributed by atoms with Crippen LogP contribution in [0.4, 0.5) is 0 Å². The Morgan fingerprint density at radius 1 is 1.24 bits per heavy atom. The predicted octanol–water partition coefficient (Wildman–Crippen LogP) is 1.46. The summed E-state index contributed by atoms with van der Waals surface area (Å²) in [5.74, 6) is 0.486. The van der Waals surface area contributed by atoms with Crippen molar-refractivity contribution in [2.75, 3.05) is 26.4 Å². The quantitative estimate of drug-likeness (QED) is 0.618. The van der Waals surface area contributed by atoms with Gasteiger partial charge in [0.05, 0.1) is 25.9 Å². The standard InChI is InChI=1S/C13H22N2O2/c1-2-16-7-8-17-10-13(9-14,11-3-4-11)15-12-5-6-12/h11-12,15H,2-8,10H2,1H3. The summed E-state index contributed by atoms with van der Waals surface area (Å²) in [5.41, 5.74) is -0.437. The van der Waals surface area contributed by atoms with Gasteiger partial charge in [0.2, 0.25) is 0 Å². The minimum atomic E-state index is -0.437. The van der Waals surface area contributed by atoms with Crippen molar-refractivity contribution in [1.29, 1.82) is 5.26 Å². The summed E-state index contributed by atoms with van der Waals surface area (Å²) in [4.78, 5) is 0. The van der Waals surface area contributed by atoms with Gasteiger partial charge in [0.1, 0.15) is 5.54 Å². The molecule has 0 aromatic rings. The highest BCUT2D eigenvalue weighted by atomic mass is 16.5. The van der Waals surface area contributed by atoms with E-state index in [0.29, 0.717) is 31.8 Å². The maximum absolute atomic E-state index is 9.44. The van der Waals surface area contributed by atoms with Crippen molar-refractivity contribution in [2.24, 2.45) is 5.92 Å². The highest BCUT2D eigenvalue weighted by Gasteiger charge is 2.48. The molecule has 1 unspecified atom stereocenters. The van der Waals surface area contributed by atoms with Crippen LogP contribution in [0.2, 0.25) is 0 Å². The third-order valence-corrected chi connectivity index (χ3v) is 3.42. The van der Waals surface area contributed by atoms with Gasteiger partial charge in [0.15, 0.2) is 0 Å². The third-order valence-electron chi connectivity index (χ3n) is 3.42. The summed E-state index contributed by atoms with van der Waals surface area (Å²) >= 11 is 0. The van der Waals surface area contributed by atoms with Crippen molar-refractivity contribution in [3.63, 3.8) is 0 Å². The minimum absolute atomic E-state index is 0.437. The Hall–Kier alpha value is -0.630. The lowest BCUT2D eigenvalue weighted by Gasteiger charge is -2.28. The Bertz CT molecular complexity index is 282. The zero-order valence-electron chi connectivity index (χ0n) is 10.6. The molecular formula is C13H22N2O2. The second-order valence-corrected chi connectivity index (χ2v) is 5.03. The minimum Gasteiger partial charge on any atom is -0.379 e. The average Bonchev–Trinajstić information content (AvgIpc) is 3.18. The molecule has 2 aliphatic rings. The number of hydrogen-bond donors (Lipinski definition) is 1. The maximum atomic E-state index is 9.44. The van der Waals surface area contributed by atoms with Gasteiger partial charge in [-0.3, -0.25) is 5.32 Å². The van der Waals surface area contributed by atoms with Gasteiger partial charge >= 0.3 is 0 Å². The molecule has 96 valence electrons. The number of ether oxygens (including phenoxy) is 2. The molecule has 0 saturated heterocycles. The first kappa shape index (κ1) is 12.8. The number of nitriles is 1. The van der Waals surface area contributed by atoms with Gasteiger partial charge in [-0.2, -0.15) is 5.26 Å². The van der Waals surface area contributed by atoms with Crippen LogP contribution in [0, 0.1) is 17.2 Å². The van der Waals surface area contributed by atoms with Gasteiger partial charge in [0.25, 0.3) is 0 Å². The molecule has 2 saturated carbocycles. The van der Waals surface area contributed by atoms with E-state index in [1.165, 1.54) is 12.8 Å². The predicted molar refractivity (Wildman–Crippen MR) is 64.5 cm³/mol. The first-order valence-corrected chi connectivity index (χ1v) is 6.65. The molecule has 0 spiro atoms. The molecule has 4 heteroatoms. The highest BCUT2D eigenvalue weighted by Crippen LogP contribution is 2.41. The van der Waals surface area contributed by atoms with E-state index >= 15 is 0 Å². The van der Waals surface area contributed by atoms with Gasteiger partial charge in [-0.05, 0) is 38.5 Å². The maximum Gasteiger partial charge on any atom is 0.133 e. The number of nitrogens with one attached hydrogen (secondary N) is 1. The van der Waals surface area contributed by atoms with Crippen LogP contribution in [0.5, 0.6) is 0 Å². The van der Waals surface area contributed by atoms with E-state index < -0.39 is 5.54 Å². The Morgan fingerprint density at radius 3 is 2.47 bits per heavy atom. The van der Waals surface area contributed by atoms with Crippen molar-refractivity contribution in [3.05, 3.63) is 0 Å². The number of hydrogen-bond acceptors (Lipinski definition) is 4. The normalized spacial score (nSPS) is 23.1. The lowest BCUT2D eigenvalue weighted by molar-refractivity contribution is 0.0286. The number of rotatable bonds is 9. The molecule has 1 atom stereocenters. The largest absolute Gasteiger partial charge is 0.379 e. The zero-order valence-corrected chi connectivity index (χ0v) is 10.6. The topological polar surface area (TPSA) is 54.3 Å². The summed E-state index contributed by atoms with van der Waals surface area (Å²) in [6.45, 7) is 4.38. The number of nitrogens with zero attached hydrogens (tertiary/aromatic N) is 1. The average molecular weight is 238 g/mol. The van der Waals surface area contributed by atoms with Crippen molar-refractivity contribution < 1.29 is 9.47 Å². The molecule has 0 amide bonds. The molecule has 4 nitrogen and oxygen atoms in total. The summed E-state index contributed by atoms with van der Waals surface area (Å²) < 4.78 is 10.8. The Labute approximate surface area is 103 Å². The molecule has 0 aromatic heterocycles. The molecule has 2 aliphatic carbocycles. The molecule has 2 fully saturated rings. The van der Waals surface area contributed by atoms with E-state index in [9.17, 15) is 5.26 Å². The van der Waals surface area contributed by atoms with Crippen LogP contribution in [-0.2, 0) is 9.47 Å². The molecular weight excluding hydrogens is 216 g/mol. The Kier molecular flexibility index (Phi) is 4.38. The van der Waals surface area contributed by atoms with Gasteiger partial charge in [0, 0.05) is 12.6 Å². The fraction of sp³-hybridized carbons (Fsp3) is 0.923. The van der Waals surface area contributed by atoms with Gasteiger partial charge in [-0.1, -0.05) is 0 Å². The first-order chi connectivity index (χ1) is 8.30. The van der Waals surface area contributed by atoms with Crippen LogP contribution < -0.4 is 5.32 Å². The molecule has 2 rings (SSSR count). The molecule has 1 N–H and O–H groups in total. The van der Waals surface area contributed by atoms with Crippen LogP contribution in [0.3, 0.4) is 0 Å². The summed E-state index contributed by atoms with van der Waals surface area (Å²) in [5, 5.41) is 12.9. The van der Waals surface area contributed by atoms with E-state index in [0.717, 1.165) is 19.4 Å². The van der Waals surface area contributed by atoms with E-state index in [1.54, 1.807) is 0 Å². The van der Waals surface area contributed by atoms with Crippen LogP contribution in [0.1, 0.15) is 32.6 Å². The first-order valence-electron chi connectivity index (χ1n) is 6.65. The molecule has 0 radical (unpaired) electrons. The molecule has 17 heavy (non-hydrogen) atoms. The monoisotopic (exact) mass is 238 g/mol. The van der Waals surface area contributed by atoms with Crippen molar-refractivity contribution in [2.45, 2.75) is 44.2 Å². The molecule has 0 aliphatic heterocycles. The van der Waals surface area contributed by atoms with Gasteiger partial charge in [-0.15, -0.1) is 0 Å². The van der Waals surface area contributed by atoms with Crippen LogP contribution in [0.25, 0.3) is 0 Å². The SMILES string of the molecule is CCOCCOCC(C#N)(NC1CC1)C1CC1. The summed E-state index contributed by atoms with van der Waals surface area (Å²) in [7, 11) is 0. The van der Waals surface area contributed by atoms with Gasteiger partial charge < -0.3 is 9.47 Å². The van der Waals surface area contributed by atoms with E-state index in [2.05, 4.69) is 11.4 Å². The van der Waals surface area contributed by atoms with Crippen LogP contribution in [0.15, 0.2) is 0 Å². The van der Waals surface area contributed by atoms with Crippen molar-refractivity contribution in [3.8, 4) is 6.07 Å². The second kappa shape index (κ2) is 5.81. The zero-order chi connectivity index (χ0) is 12.1. The summed E-state index contributed by atoms with van der Waals surface area (Å²) in [6, 6.07) is 3.01. The lowest BCUT2D eigenvalue weighted by atomic mass is 9.96. The van der Waals surface area contributed by atoms with E-state index in [-0.39, 0.29) is 0 Å². The van der Waals surface area contributed by atoms with Crippen molar-refractivity contribution in [1.82, 2.24) is 5.32 Å². The van der Waals surface area contributed by atoms with E-state index in [1.807, 2.05) is 6.92 Å². The third kappa shape index (κ3) is 3.67. The fourth-order valence-electron chi connectivity index (χ4n) is 2.10. The van der Waals surface area contributed by atoms with Crippen molar-refractivity contribution >= 4 is 0 Å². The van der Waals surface area contributed by atoms with Crippen LogP contribution >= 0.6 is 0 Å². The molecule has 0 bridgehead atoms. The van der Waals surface area contributed by atoms with Gasteiger partial charge in [-0.25, -0.2) is 0 Å².